The quantitative estimate of drug-likeness (QED) is 0.697. The molecule has 2 atom stereocenters. The Morgan fingerprint density at radius 2 is 1.93 bits per heavy atom. The number of nitrogens with zero attached hydrogens (tertiary/aromatic N) is 1. The highest BCUT2D eigenvalue weighted by atomic mass is 32.2. The maximum absolute atomic E-state index is 13.1. The summed E-state index contributed by atoms with van der Waals surface area (Å²) < 4.78 is 37.9. The van der Waals surface area contributed by atoms with Crippen LogP contribution in [0.5, 0.6) is 5.75 Å². The Morgan fingerprint density at radius 3 is 2.64 bits per heavy atom. The van der Waals surface area contributed by atoms with E-state index in [0.29, 0.717) is 11.5 Å². The molecule has 0 bridgehead atoms. The number of hydrogen-bond donors (Lipinski definition) is 1. The minimum absolute atomic E-state index is 0.0236. The number of ether oxygens (including phenoxy) is 2. The van der Waals surface area contributed by atoms with Crippen LogP contribution in [0, 0.1) is 11.8 Å². The number of piperidine rings is 1. The summed E-state index contributed by atoms with van der Waals surface area (Å²) in [4.78, 5) is 14.9. The molecule has 1 aromatic carbocycles. The third-order valence-electron chi connectivity index (χ3n) is 5.88. The van der Waals surface area contributed by atoms with Crippen molar-refractivity contribution in [1.82, 2.24) is 9.62 Å². The Labute approximate surface area is 167 Å². The fraction of sp³-hybridized carbons (Fsp3) is 0.650. The van der Waals surface area contributed by atoms with Crippen LogP contribution in [0.2, 0.25) is 0 Å². The lowest BCUT2D eigenvalue weighted by Gasteiger charge is -2.41. The molecule has 0 aromatic heterocycles. The number of fused-ring (bicyclic) bond motifs is 1. The third-order valence-corrected chi connectivity index (χ3v) is 7.36. The van der Waals surface area contributed by atoms with Crippen molar-refractivity contribution in [2.75, 3.05) is 40.5 Å². The average Bonchev–Trinajstić information content (AvgIpc) is 2.72. The van der Waals surface area contributed by atoms with Crippen LogP contribution in [0.15, 0.2) is 23.1 Å². The van der Waals surface area contributed by atoms with Gasteiger partial charge in [-0.1, -0.05) is 19.3 Å². The summed E-state index contributed by atoms with van der Waals surface area (Å²) in [6.07, 6.45) is 6.02. The summed E-state index contributed by atoms with van der Waals surface area (Å²) >= 11 is 0. The molecule has 1 saturated carbocycles. The largest absolute Gasteiger partial charge is 0.495 e. The lowest BCUT2D eigenvalue weighted by Crippen LogP contribution is -2.44. The molecule has 1 amide bonds. The van der Waals surface area contributed by atoms with Gasteiger partial charge in [0.2, 0.25) is 10.0 Å². The zero-order chi connectivity index (χ0) is 20.1. The van der Waals surface area contributed by atoms with E-state index in [4.69, 9.17) is 9.47 Å². The molecule has 1 N–H and O–H groups in total. The van der Waals surface area contributed by atoms with Crippen LogP contribution in [0.1, 0.15) is 42.5 Å². The molecule has 8 heteroatoms. The highest BCUT2D eigenvalue weighted by molar-refractivity contribution is 7.89. The van der Waals surface area contributed by atoms with Crippen molar-refractivity contribution in [1.29, 1.82) is 0 Å². The number of sulfonamides is 1. The summed E-state index contributed by atoms with van der Waals surface area (Å²) in [5.41, 5.74) is 0.377. The minimum atomic E-state index is -3.81. The van der Waals surface area contributed by atoms with E-state index >= 15 is 0 Å². The predicted molar refractivity (Wildman–Crippen MR) is 106 cm³/mol. The van der Waals surface area contributed by atoms with Gasteiger partial charge in [-0.3, -0.25) is 4.79 Å². The number of rotatable bonds is 7. The number of carbonyl (C=O) groups is 1. The first-order valence-electron chi connectivity index (χ1n) is 9.92. The smallest absolute Gasteiger partial charge is 0.253 e. The van der Waals surface area contributed by atoms with Crippen molar-refractivity contribution in [2.24, 2.45) is 11.8 Å². The van der Waals surface area contributed by atoms with Gasteiger partial charge < -0.3 is 14.4 Å². The maximum atomic E-state index is 13.1. The predicted octanol–water partition coefficient (Wildman–Crippen LogP) is 2.27. The van der Waals surface area contributed by atoms with E-state index in [1.165, 1.54) is 46.0 Å². The van der Waals surface area contributed by atoms with Crippen molar-refractivity contribution in [3.05, 3.63) is 23.8 Å². The molecule has 0 spiro atoms. The summed E-state index contributed by atoms with van der Waals surface area (Å²) in [7, 11) is -0.888. The van der Waals surface area contributed by atoms with Gasteiger partial charge in [0.05, 0.1) is 13.7 Å². The summed E-state index contributed by atoms with van der Waals surface area (Å²) in [6.45, 7) is 1.91. The van der Waals surface area contributed by atoms with E-state index in [-0.39, 0.29) is 29.7 Å². The van der Waals surface area contributed by atoms with Crippen LogP contribution in [0.25, 0.3) is 0 Å². The second-order valence-corrected chi connectivity index (χ2v) is 9.34. The molecule has 1 aliphatic carbocycles. The molecule has 156 valence electrons. The van der Waals surface area contributed by atoms with Crippen LogP contribution in [0.4, 0.5) is 0 Å². The minimum Gasteiger partial charge on any atom is -0.495 e. The lowest BCUT2D eigenvalue weighted by molar-refractivity contribution is 0.0520. The molecule has 1 aromatic rings. The molecule has 1 aliphatic heterocycles. The molecule has 28 heavy (non-hydrogen) atoms. The molecular formula is C20H30N2O5S. The van der Waals surface area contributed by atoms with E-state index in [0.717, 1.165) is 25.4 Å². The normalized spacial score (nSPS) is 22.6. The first kappa shape index (κ1) is 21.1. The van der Waals surface area contributed by atoms with Crippen LogP contribution < -0.4 is 9.46 Å². The van der Waals surface area contributed by atoms with Crippen LogP contribution in [-0.2, 0) is 14.8 Å². The van der Waals surface area contributed by atoms with Gasteiger partial charge in [0.25, 0.3) is 5.91 Å². The number of methoxy groups -OCH3 is 2. The monoisotopic (exact) mass is 410 g/mol. The van der Waals surface area contributed by atoms with Crippen molar-refractivity contribution < 1.29 is 22.7 Å². The fourth-order valence-corrected chi connectivity index (χ4v) is 5.55. The Balaban J connectivity index is 1.79. The highest BCUT2D eigenvalue weighted by Gasteiger charge is 2.33. The fourth-order valence-electron chi connectivity index (χ4n) is 4.34. The van der Waals surface area contributed by atoms with Gasteiger partial charge in [0.1, 0.15) is 10.6 Å². The highest BCUT2D eigenvalue weighted by Crippen LogP contribution is 2.36. The Hall–Kier alpha value is -1.64. The number of benzene rings is 1. The van der Waals surface area contributed by atoms with Gasteiger partial charge >= 0.3 is 0 Å². The molecule has 1 heterocycles. The molecule has 0 radical (unpaired) electrons. The SMILES string of the molecule is COCCNS(=O)(=O)c1cc(C(=O)N2CCC3CCCCC3C2)ccc1OC. The van der Waals surface area contributed by atoms with E-state index in [1.54, 1.807) is 12.1 Å². The van der Waals surface area contributed by atoms with Gasteiger partial charge in [0, 0.05) is 32.3 Å². The van der Waals surface area contributed by atoms with E-state index in [1.807, 2.05) is 4.90 Å². The standard InChI is InChI=1S/C20H30N2O5S/c1-26-12-10-21-28(24,25)19-13-16(7-8-18(19)27-2)20(23)22-11-9-15-5-3-4-6-17(15)14-22/h7-8,13,15,17,21H,3-6,9-12,14H2,1-2H3. The summed E-state index contributed by atoms with van der Waals surface area (Å²) in [6, 6.07) is 4.61. The third kappa shape index (κ3) is 4.67. The number of carbonyl (C=O) groups excluding carboxylic acids is 1. The number of amides is 1. The Bertz CT molecular complexity index is 796. The van der Waals surface area contributed by atoms with Crippen molar-refractivity contribution in [3.63, 3.8) is 0 Å². The molecular weight excluding hydrogens is 380 g/mol. The van der Waals surface area contributed by atoms with Crippen molar-refractivity contribution in [2.45, 2.75) is 37.0 Å². The van der Waals surface area contributed by atoms with Gasteiger partial charge in [-0.15, -0.1) is 0 Å². The van der Waals surface area contributed by atoms with Crippen LogP contribution in [-0.4, -0.2) is 59.7 Å². The van der Waals surface area contributed by atoms with Gasteiger partial charge in [-0.25, -0.2) is 13.1 Å². The van der Waals surface area contributed by atoms with E-state index < -0.39 is 10.0 Å². The van der Waals surface area contributed by atoms with Crippen LogP contribution >= 0.6 is 0 Å². The maximum Gasteiger partial charge on any atom is 0.253 e. The summed E-state index contributed by atoms with van der Waals surface area (Å²) in [5, 5.41) is 0. The molecule has 2 unspecified atom stereocenters. The molecule has 2 fully saturated rings. The van der Waals surface area contributed by atoms with Crippen molar-refractivity contribution >= 4 is 15.9 Å². The zero-order valence-electron chi connectivity index (χ0n) is 16.6. The number of likely N-dealkylation sites (tertiary alicyclic amines) is 1. The van der Waals surface area contributed by atoms with Gasteiger partial charge in [-0.05, 0) is 42.9 Å². The summed E-state index contributed by atoms with van der Waals surface area (Å²) in [5.74, 6) is 1.41. The van der Waals surface area contributed by atoms with E-state index in [9.17, 15) is 13.2 Å². The second-order valence-electron chi connectivity index (χ2n) is 7.60. The molecule has 1 saturated heterocycles. The Morgan fingerprint density at radius 1 is 1.18 bits per heavy atom. The molecule has 2 aliphatic rings. The van der Waals surface area contributed by atoms with E-state index in [2.05, 4.69) is 4.72 Å². The Kier molecular flexibility index (Phi) is 6.95. The van der Waals surface area contributed by atoms with Gasteiger partial charge in [0.15, 0.2) is 0 Å². The average molecular weight is 411 g/mol. The van der Waals surface area contributed by atoms with Gasteiger partial charge in [-0.2, -0.15) is 0 Å². The zero-order valence-corrected chi connectivity index (χ0v) is 17.5. The van der Waals surface area contributed by atoms with Crippen LogP contribution in [0.3, 0.4) is 0 Å². The first-order valence-corrected chi connectivity index (χ1v) is 11.4. The molecule has 3 rings (SSSR count). The number of hydrogen-bond acceptors (Lipinski definition) is 5. The first-order chi connectivity index (χ1) is 13.5. The second kappa shape index (κ2) is 9.24. The lowest BCUT2D eigenvalue weighted by atomic mass is 9.75. The van der Waals surface area contributed by atoms with Crippen molar-refractivity contribution in [3.8, 4) is 5.75 Å². The topological polar surface area (TPSA) is 84.9 Å². The molecule has 7 nitrogen and oxygen atoms in total. The number of nitrogens with one attached hydrogen (secondary N) is 1.